The van der Waals surface area contributed by atoms with Gasteiger partial charge in [0, 0.05) is 6.04 Å². The minimum absolute atomic E-state index is 0.299. The summed E-state index contributed by atoms with van der Waals surface area (Å²) in [5, 5.41) is 2.37. The number of benzene rings is 1. The Balaban J connectivity index is 2.39. The van der Waals surface area contributed by atoms with E-state index in [1.54, 1.807) is 19.1 Å². The van der Waals surface area contributed by atoms with Crippen molar-refractivity contribution in [3.8, 4) is 0 Å². The third-order valence-electron chi connectivity index (χ3n) is 2.11. The lowest BCUT2D eigenvalue weighted by Gasteiger charge is -2.15. The zero-order valence-electron chi connectivity index (χ0n) is 8.81. The second-order valence-corrected chi connectivity index (χ2v) is 3.73. The summed E-state index contributed by atoms with van der Waals surface area (Å²) < 4.78 is 48.3. The van der Waals surface area contributed by atoms with Crippen molar-refractivity contribution in [1.29, 1.82) is 0 Å². The van der Waals surface area contributed by atoms with E-state index in [-0.39, 0.29) is 11.9 Å². The van der Waals surface area contributed by atoms with E-state index in [4.69, 9.17) is 0 Å². The fraction of sp³-hybridized carbons (Fsp3) is 0.455. The summed E-state index contributed by atoms with van der Waals surface area (Å²) in [5.41, 5.74) is 0.809. The molecule has 16 heavy (non-hydrogen) atoms. The molecule has 5 heteroatoms. The molecule has 0 heterocycles. The van der Waals surface area contributed by atoms with Crippen LogP contribution in [0.15, 0.2) is 24.3 Å². The van der Waals surface area contributed by atoms with Crippen molar-refractivity contribution in [1.82, 2.24) is 5.32 Å². The topological polar surface area (TPSA) is 12.0 Å². The van der Waals surface area contributed by atoms with Gasteiger partial charge in [-0.25, -0.2) is 4.39 Å². The summed E-state index contributed by atoms with van der Waals surface area (Å²) in [7, 11) is 0. The second kappa shape index (κ2) is 5.30. The standard InChI is InChI=1S/C11H13F4N/c1-8(16-7-11(13,14)15)6-9-2-4-10(12)5-3-9/h2-5,8,16H,6-7H2,1H3. The average molecular weight is 235 g/mol. The maximum Gasteiger partial charge on any atom is 0.401 e. The fourth-order valence-corrected chi connectivity index (χ4v) is 1.34. The lowest BCUT2D eigenvalue weighted by molar-refractivity contribution is -0.126. The number of nitrogens with one attached hydrogen (secondary N) is 1. The summed E-state index contributed by atoms with van der Waals surface area (Å²) in [5.74, 6) is -0.348. The van der Waals surface area contributed by atoms with Gasteiger partial charge in [0.2, 0.25) is 0 Å². The highest BCUT2D eigenvalue weighted by Gasteiger charge is 2.27. The predicted octanol–water partition coefficient (Wildman–Crippen LogP) is 2.91. The zero-order valence-corrected chi connectivity index (χ0v) is 8.81. The van der Waals surface area contributed by atoms with Gasteiger partial charge < -0.3 is 5.32 Å². The van der Waals surface area contributed by atoms with Gasteiger partial charge in [-0.15, -0.1) is 0 Å². The molecule has 0 fully saturated rings. The molecule has 0 spiro atoms. The van der Waals surface area contributed by atoms with Crippen LogP contribution in [0.1, 0.15) is 12.5 Å². The van der Waals surface area contributed by atoms with Gasteiger partial charge in [0.1, 0.15) is 5.82 Å². The van der Waals surface area contributed by atoms with Crippen LogP contribution in [0, 0.1) is 5.82 Å². The smallest absolute Gasteiger partial charge is 0.306 e. The van der Waals surface area contributed by atoms with Crippen LogP contribution in [0.25, 0.3) is 0 Å². The van der Waals surface area contributed by atoms with Crippen LogP contribution in [0.2, 0.25) is 0 Å². The molecule has 1 rings (SSSR count). The molecule has 1 nitrogen and oxygen atoms in total. The van der Waals surface area contributed by atoms with Crippen LogP contribution in [-0.4, -0.2) is 18.8 Å². The molecule has 0 aliphatic heterocycles. The monoisotopic (exact) mass is 235 g/mol. The molecule has 0 radical (unpaired) electrons. The van der Waals surface area contributed by atoms with E-state index in [0.29, 0.717) is 6.42 Å². The molecule has 1 aromatic carbocycles. The van der Waals surface area contributed by atoms with Crippen molar-refractivity contribution in [3.63, 3.8) is 0 Å². The maximum absolute atomic E-state index is 12.6. The van der Waals surface area contributed by atoms with Gasteiger partial charge in [-0.3, -0.25) is 0 Å². The maximum atomic E-state index is 12.6. The Morgan fingerprint density at radius 2 is 1.75 bits per heavy atom. The third-order valence-corrected chi connectivity index (χ3v) is 2.11. The van der Waals surface area contributed by atoms with E-state index >= 15 is 0 Å². The minimum Gasteiger partial charge on any atom is -0.306 e. The third kappa shape index (κ3) is 5.11. The molecule has 0 aliphatic carbocycles. The van der Waals surface area contributed by atoms with Gasteiger partial charge in [-0.2, -0.15) is 13.2 Å². The van der Waals surface area contributed by atoms with E-state index < -0.39 is 12.7 Å². The summed E-state index contributed by atoms with van der Waals surface area (Å²) in [6.45, 7) is 0.657. The van der Waals surface area contributed by atoms with Crippen LogP contribution in [0.5, 0.6) is 0 Å². The fourth-order valence-electron chi connectivity index (χ4n) is 1.34. The Bertz CT molecular complexity index is 318. The number of halogens is 4. The molecule has 1 N–H and O–H groups in total. The van der Waals surface area contributed by atoms with Crippen molar-refractivity contribution in [2.45, 2.75) is 25.6 Å². The molecular weight excluding hydrogens is 222 g/mol. The molecule has 0 saturated carbocycles. The average Bonchev–Trinajstić information content (AvgIpc) is 2.18. The van der Waals surface area contributed by atoms with Crippen molar-refractivity contribution >= 4 is 0 Å². The first-order valence-corrected chi connectivity index (χ1v) is 4.91. The Morgan fingerprint density at radius 1 is 1.19 bits per heavy atom. The number of alkyl halides is 3. The minimum atomic E-state index is -4.20. The highest BCUT2D eigenvalue weighted by Crippen LogP contribution is 2.13. The summed E-state index contributed by atoms with van der Waals surface area (Å²) >= 11 is 0. The van der Waals surface area contributed by atoms with E-state index in [2.05, 4.69) is 5.32 Å². The van der Waals surface area contributed by atoms with Crippen LogP contribution in [0.4, 0.5) is 17.6 Å². The number of rotatable bonds is 4. The molecule has 0 amide bonds. The van der Waals surface area contributed by atoms with Gasteiger partial charge in [0.15, 0.2) is 0 Å². The molecule has 1 aromatic rings. The van der Waals surface area contributed by atoms with Crippen LogP contribution in [0.3, 0.4) is 0 Å². The normalized spacial score (nSPS) is 13.8. The predicted molar refractivity (Wildman–Crippen MR) is 53.6 cm³/mol. The lowest BCUT2D eigenvalue weighted by Crippen LogP contribution is -2.36. The van der Waals surface area contributed by atoms with E-state index in [0.717, 1.165) is 5.56 Å². The molecule has 0 bridgehead atoms. The summed E-state index contributed by atoms with van der Waals surface area (Å²) in [4.78, 5) is 0. The Labute approximate surface area is 91.5 Å². The van der Waals surface area contributed by atoms with Crippen molar-refractivity contribution in [2.75, 3.05) is 6.54 Å². The van der Waals surface area contributed by atoms with Gasteiger partial charge in [0.25, 0.3) is 0 Å². The van der Waals surface area contributed by atoms with E-state index in [1.807, 2.05) is 0 Å². The van der Waals surface area contributed by atoms with Gasteiger partial charge >= 0.3 is 6.18 Å². The largest absolute Gasteiger partial charge is 0.401 e. The first kappa shape index (κ1) is 13.0. The second-order valence-electron chi connectivity index (χ2n) is 3.73. The summed E-state index contributed by atoms with van der Waals surface area (Å²) in [6.07, 6.45) is -3.76. The van der Waals surface area contributed by atoms with E-state index in [9.17, 15) is 17.6 Å². The highest BCUT2D eigenvalue weighted by atomic mass is 19.4. The van der Waals surface area contributed by atoms with Crippen molar-refractivity contribution < 1.29 is 17.6 Å². The molecule has 0 aliphatic rings. The Morgan fingerprint density at radius 3 is 2.25 bits per heavy atom. The first-order valence-electron chi connectivity index (χ1n) is 4.91. The number of hydrogen-bond acceptors (Lipinski definition) is 1. The lowest BCUT2D eigenvalue weighted by atomic mass is 10.1. The SMILES string of the molecule is CC(Cc1ccc(F)cc1)NCC(F)(F)F. The first-order chi connectivity index (χ1) is 7.37. The number of hydrogen-bond donors (Lipinski definition) is 1. The van der Waals surface area contributed by atoms with Crippen molar-refractivity contribution in [3.05, 3.63) is 35.6 Å². The van der Waals surface area contributed by atoms with E-state index in [1.165, 1.54) is 12.1 Å². The van der Waals surface area contributed by atoms with Crippen LogP contribution >= 0.6 is 0 Å². The molecule has 90 valence electrons. The zero-order chi connectivity index (χ0) is 12.2. The molecule has 0 aromatic heterocycles. The van der Waals surface area contributed by atoms with Crippen LogP contribution < -0.4 is 5.32 Å². The Kier molecular flexibility index (Phi) is 4.29. The van der Waals surface area contributed by atoms with Gasteiger partial charge in [-0.05, 0) is 31.0 Å². The Hall–Kier alpha value is -1.10. The molecule has 1 atom stereocenters. The molecule has 1 unspecified atom stereocenters. The van der Waals surface area contributed by atoms with Gasteiger partial charge in [-0.1, -0.05) is 12.1 Å². The summed E-state index contributed by atoms with van der Waals surface area (Å²) in [6, 6.07) is 5.44. The van der Waals surface area contributed by atoms with Crippen LogP contribution in [-0.2, 0) is 6.42 Å². The molecule has 0 saturated heterocycles. The van der Waals surface area contributed by atoms with Gasteiger partial charge in [0.05, 0.1) is 6.54 Å². The highest BCUT2D eigenvalue weighted by molar-refractivity contribution is 5.16. The molecular formula is C11H13F4N. The van der Waals surface area contributed by atoms with Crippen molar-refractivity contribution in [2.24, 2.45) is 0 Å². The quantitative estimate of drug-likeness (QED) is 0.791.